The molecule has 2 aromatic rings. The Hall–Kier alpha value is -2.01. The molecule has 0 aliphatic rings. The Bertz CT molecular complexity index is 571. The summed E-state index contributed by atoms with van der Waals surface area (Å²) < 4.78 is 5.20. The highest BCUT2D eigenvalue weighted by molar-refractivity contribution is 7.09. The van der Waals surface area contributed by atoms with Gasteiger partial charge in [-0.25, -0.2) is 4.79 Å². The third kappa shape index (κ3) is 5.47. The summed E-state index contributed by atoms with van der Waals surface area (Å²) in [4.78, 5) is 12.9. The van der Waals surface area contributed by atoms with Crippen molar-refractivity contribution in [1.82, 2.24) is 0 Å². The van der Waals surface area contributed by atoms with Crippen LogP contribution in [0.5, 0.6) is 0 Å². The van der Waals surface area contributed by atoms with E-state index in [2.05, 4.69) is 22.1 Å². The Labute approximate surface area is 129 Å². The molecule has 0 saturated carbocycles. The average Bonchev–Trinajstić information content (AvgIpc) is 2.89. The smallest absolute Gasteiger partial charge is 0.412 e. The van der Waals surface area contributed by atoms with E-state index in [1.807, 2.05) is 51.1 Å². The average molecular weight is 304 g/mol. The monoisotopic (exact) mass is 304 g/mol. The van der Waals surface area contributed by atoms with Crippen LogP contribution >= 0.6 is 11.3 Å². The fourth-order valence-corrected chi connectivity index (χ4v) is 2.34. The predicted octanol–water partition coefficient (Wildman–Crippen LogP) is 4.71. The maximum atomic E-state index is 11.6. The molecule has 0 aliphatic carbocycles. The molecule has 0 fully saturated rings. The molecule has 21 heavy (non-hydrogen) atoms. The lowest BCUT2D eigenvalue weighted by Crippen LogP contribution is -2.27. The summed E-state index contributed by atoms with van der Waals surface area (Å²) in [7, 11) is 0. The van der Waals surface area contributed by atoms with Crippen LogP contribution in [0.3, 0.4) is 0 Å². The third-order valence-electron chi connectivity index (χ3n) is 2.58. The maximum absolute atomic E-state index is 11.6. The van der Waals surface area contributed by atoms with E-state index >= 15 is 0 Å². The molecular weight excluding hydrogens is 284 g/mol. The first-order valence-corrected chi connectivity index (χ1v) is 7.67. The molecule has 2 rings (SSSR count). The lowest BCUT2D eigenvalue weighted by Gasteiger charge is -2.19. The van der Waals surface area contributed by atoms with Gasteiger partial charge < -0.3 is 10.1 Å². The van der Waals surface area contributed by atoms with Crippen LogP contribution in [0.15, 0.2) is 41.8 Å². The van der Waals surface area contributed by atoms with Crippen molar-refractivity contribution in [3.63, 3.8) is 0 Å². The van der Waals surface area contributed by atoms with Crippen LogP contribution in [-0.4, -0.2) is 11.7 Å². The van der Waals surface area contributed by atoms with Crippen molar-refractivity contribution in [1.29, 1.82) is 0 Å². The lowest BCUT2D eigenvalue weighted by atomic mass is 10.2. The Morgan fingerprint density at radius 3 is 2.38 bits per heavy atom. The Kier molecular flexibility index (Phi) is 4.85. The van der Waals surface area contributed by atoms with Crippen molar-refractivity contribution >= 4 is 28.8 Å². The molecule has 4 nitrogen and oxygen atoms in total. The molecule has 0 aliphatic heterocycles. The van der Waals surface area contributed by atoms with E-state index in [-0.39, 0.29) is 0 Å². The lowest BCUT2D eigenvalue weighted by molar-refractivity contribution is 0.0636. The van der Waals surface area contributed by atoms with Crippen molar-refractivity contribution in [3.8, 4) is 0 Å². The second-order valence-corrected chi connectivity index (χ2v) is 6.67. The molecule has 112 valence electrons. The predicted molar refractivity (Wildman–Crippen MR) is 87.9 cm³/mol. The minimum absolute atomic E-state index is 0.443. The van der Waals surface area contributed by atoms with Crippen LogP contribution in [-0.2, 0) is 11.3 Å². The van der Waals surface area contributed by atoms with Crippen LogP contribution in [0.2, 0.25) is 0 Å². The number of ether oxygens (including phenoxy) is 1. The summed E-state index contributed by atoms with van der Waals surface area (Å²) in [6.07, 6.45) is -0.443. The van der Waals surface area contributed by atoms with Gasteiger partial charge in [0, 0.05) is 22.8 Å². The van der Waals surface area contributed by atoms with Crippen molar-refractivity contribution in [2.75, 3.05) is 10.6 Å². The number of nitrogens with one attached hydrogen (secondary N) is 2. The number of rotatable bonds is 4. The zero-order valence-corrected chi connectivity index (χ0v) is 13.3. The van der Waals surface area contributed by atoms with E-state index in [1.165, 1.54) is 4.88 Å². The normalized spacial score (nSPS) is 11.0. The first-order chi connectivity index (χ1) is 9.92. The number of amides is 1. The topological polar surface area (TPSA) is 50.4 Å². The second-order valence-electron chi connectivity index (χ2n) is 5.64. The Morgan fingerprint density at radius 2 is 1.81 bits per heavy atom. The van der Waals surface area contributed by atoms with Gasteiger partial charge in [0.2, 0.25) is 0 Å². The molecule has 5 heteroatoms. The van der Waals surface area contributed by atoms with E-state index < -0.39 is 11.7 Å². The van der Waals surface area contributed by atoms with Gasteiger partial charge in [0.1, 0.15) is 5.60 Å². The van der Waals surface area contributed by atoms with E-state index in [4.69, 9.17) is 4.74 Å². The van der Waals surface area contributed by atoms with Crippen LogP contribution in [0, 0.1) is 0 Å². The highest BCUT2D eigenvalue weighted by atomic mass is 32.1. The standard InChI is InChI=1S/C16H20N2O2S/c1-16(2,3)20-15(19)18-13-8-6-12(7-9-13)17-11-14-5-4-10-21-14/h4-10,17H,11H2,1-3H3,(H,18,19). The molecule has 2 N–H and O–H groups in total. The zero-order valence-electron chi connectivity index (χ0n) is 12.5. The van der Waals surface area contributed by atoms with Gasteiger partial charge in [0.25, 0.3) is 0 Å². The largest absolute Gasteiger partial charge is 0.444 e. The van der Waals surface area contributed by atoms with Crippen LogP contribution in [0.4, 0.5) is 16.2 Å². The first-order valence-electron chi connectivity index (χ1n) is 6.79. The minimum Gasteiger partial charge on any atom is -0.444 e. The SMILES string of the molecule is CC(C)(C)OC(=O)Nc1ccc(NCc2cccs2)cc1. The summed E-state index contributed by atoms with van der Waals surface area (Å²) in [5, 5.41) is 8.10. The summed E-state index contributed by atoms with van der Waals surface area (Å²) in [5.41, 5.74) is 1.23. The number of carbonyl (C=O) groups excluding carboxylic acids is 1. The molecule has 0 atom stereocenters. The van der Waals surface area contributed by atoms with Gasteiger partial charge in [0.15, 0.2) is 0 Å². The number of carbonyl (C=O) groups is 1. The fraction of sp³-hybridized carbons (Fsp3) is 0.312. The van der Waals surface area contributed by atoms with Crippen LogP contribution < -0.4 is 10.6 Å². The third-order valence-corrected chi connectivity index (χ3v) is 3.45. The Balaban J connectivity index is 1.85. The molecule has 1 aromatic heterocycles. The molecule has 0 spiro atoms. The van der Waals surface area contributed by atoms with Gasteiger partial charge in [-0.3, -0.25) is 5.32 Å². The summed E-state index contributed by atoms with van der Waals surface area (Å²) in [5.74, 6) is 0. The summed E-state index contributed by atoms with van der Waals surface area (Å²) in [6.45, 7) is 6.31. The van der Waals surface area contributed by atoms with Gasteiger partial charge in [-0.05, 0) is 56.5 Å². The summed E-state index contributed by atoms with van der Waals surface area (Å²) >= 11 is 1.72. The van der Waals surface area contributed by atoms with Gasteiger partial charge in [-0.15, -0.1) is 11.3 Å². The van der Waals surface area contributed by atoms with Crippen molar-refractivity contribution < 1.29 is 9.53 Å². The van der Waals surface area contributed by atoms with Crippen LogP contribution in [0.25, 0.3) is 0 Å². The van der Waals surface area contributed by atoms with Gasteiger partial charge in [-0.2, -0.15) is 0 Å². The van der Waals surface area contributed by atoms with Gasteiger partial charge in [0.05, 0.1) is 0 Å². The number of benzene rings is 1. The van der Waals surface area contributed by atoms with E-state index in [0.29, 0.717) is 5.69 Å². The molecule has 0 radical (unpaired) electrons. The van der Waals surface area contributed by atoms with Crippen molar-refractivity contribution in [2.24, 2.45) is 0 Å². The van der Waals surface area contributed by atoms with Crippen LogP contribution in [0.1, 0.15) is 25.6 Å². The molecule has 0 unspecified atom stereocenters. The molecule has 1 heterocycles. The number of hydrogen-bond donors (Lipinski definition) is 2. The highest BCUT2D eigenvalue weighted by Crippen LogP contribution is 2.17. The van der Waals surface area contributed by atoms with E-state index in [1.54, 1.807) is 11.3 Å². The number of hydrogen-bond acceptors (Lipinski definition) is 4. The van der Waals surface area contributed by atoms with E-state index in [9.17, 15) is 4.79 Å². The number of anilines is 2. The minimum atomic E-state index is -0.494. The van der Waals surface area contributed by atoms with E-state index in [0.717, 1.165) is 12.2 Å². The Morgan fingerprint density at radius 1 is 1.14 bits per heavy atom. The number of thiophene rings is 1. The quantitative estimate of drug-likeness (QED) is 0.860. The van der Waals surface area contributed by atoms with Crippen molar-refractivity contribution in [2.45, 2.75) is 32.9 Å². The summed E-state index contributed by atoms with van der Waals surface area (Å²) in [6, 6.07) is 11.7. The fourth-order valence-electron chi connectivity index (χ4n) is 1.70. The first kappa shape index (κ1) is 15.4. The molecule has 1 amide bonds. The van der Waals surface area contributed by atoms with Gasteiger partial charge in [-0.1, -0.05) is 6.07 Å². The molecular formula is C16H20N2O2S. The van der Waals surface area contributed by atoms with Crippen molar-refractivity contribution in [3.05, 3.63) is 46.7 Å². The molecule has 0 bridgehead atoms. The highest BCUT2D eigenvalue weighted by Gasteiger charge is 2.15. The van der Waals surface area contributed by atoms with Gasteiger partial charge >= 0.3 is 6.09 Å². The second kappa shape index (κ2) is 6.63. The molecule has 1 aromatic carbocycles. The zero-order chi connectivity index (χ0) is 15.3. The molecule has 0 saturated heterocycles. The maximum Gasteiger partial charge on any atom is 0.412 e.